The molecule has 2 aromatic carbocycles. The van der Waals surface area contributed by atoms with Crippen LogP contribution in [0.2, 0.25) is 10.0 Å². The summed E-state index contributed by atoms with van der Waals surface area (Å²) in [5, 5.41) is 3.33. The fourth-order valence-electron chi connectivity index (χ4n) is 2.48. The molecule has 2 aromatic rings. The van der Waals surface area contributed by atoms with Crippen LogP contribution < -0.4 is 9.62 Å². The number of halogens is 2. The van der Waals surface area contributed by atoms with E-state index in [1.807, 2.05) is 19.0 Å². The third-order valence-corrected chi connectivity index (χ3v) is 6.61. The number of nitrogens with one attached hydrogen (secondary N) is 1. The van der Waals surface area contributed by atoms with Crippen LogP contribution in [0.5, 0.6) is 0 Å². The van der Waals surface area contributed by atoms with Crippen molar-refractivity contribution in [2.24, 2.45) is 0 Å². The molecule has 0 saturated carbocycles. The van der Waals surface area contributed by atoms with Crippen molar-refractivity contribution in [1.82, 2.24) is 10.2 Å². The highest BCUT2D eigenvalue weighted by molar-refractivity contribution is 7.93. The molecule has 0 bridgehead atoms. The molecule has 1 N–H and O–H groups in total. The molecule has 0 aliphatic carbocycles. The zero-order valence-corrected chi connectivity index (χ0v) is 18.3. The van der Waals surface area contributed by atoms with Crippen LogP contribution in [-0.2, 0) is 10.0 Å². The van der Waals surface area contributed by atoms with E-state index in [9.17, 15) is 13.2 Å². The van der Waals surface area contributed by atoms with Crippen LogP contribution >= 0.6 is 23.2 Å². The Balaban J connectivity index is 2.23. The molecule has 0 aromatic heterocycles. The van der Waals surface area contributed by atoms with E-state index in [-0.39, 0.29) is 21.4 Å². The summed E-state index contributed by atoms with van der Waals surface area (Å²) in [5.74, 6) is -0.346. The van der Waals surface area contributed by atoms with Crippen molar-refractivity contribution in [2.45, 2.75) is 11.3 Å². The van der Waals surface area contributed by atoms with Gasteiger partial charge in [-0.1, -0.05) is 23.2 Å². The van der Waals surface area contributed by atoms with E-state index in [1.54, 1.807) is 24.3 Å². The van der Waals surface area contributed by atoms with Crippen molar-refractivity contribution in [2.75, 3.05) is 38.5 Å². The SMILES string of the molecule is CN(C)CCCNC(=O)c1ccc(Cl)c(S(=O)(=O)N(C)c2ccc(Cl)cc2)c1. The van der Waals surface area contributed by atoms with Gasteiger partial charge in [0, 0.05) is 24.2 Å². The third kappa shape index (κ3) is 5.61. The quantitative estimate of drug-likeness (QED) is 0.633. The highest BCUT2D eigenvalue weighted by atomic mass is 35.5. The Morgan fingerprint density at radius 2 is 1.68 bits per heavy atom. The van der Waals surface area contributed by atoms with E-state index in [4.69, 9.17) is 23.2 Å². The number of nitrogens with zero attached hydrogens (tertiary/aromatic N) is 2. The third-order valence-electron chi connectivity index (χ3n) is 4.09. The van der Waals surface area contributed by atoms with Gasteiger partial charge in [-0.3, -0.25) is 9.10 Å². The Kier molecular flexibility index (Phi) is 7.71. The number of carbonyl (C=O) groups excluding carboxylic acids is 1. The summed E-state index contributed by atoms with van der Waals surface area (Å²) >= 11 is 12.0. The predicted molar refractivity (Wildman–Crippen MR) is 114 cm³/mol. The average Bonchev–Trinajstić information content (AvgIpc) is 2.65. The molecule has 0 radical (unpaired) electrons. The summed E-state index contributed by atoms with van der Waals surface area (Å²) in [6.45, 7) is 1.33. The summed E-state index contributed by atoms with van der Waals surface area (Å²) in [4.78, 5) is 14.3. The lowest BCUT2D eigenvalue weighted by Gasteiger charge is -2.20. The van der Waals surface area contributed by atoms with Crippen molar-refractivity contribution >= 4 is 44.8 Å². The van der Waals surface area contributed by atoms with E-state index in [1.165, 1.54) is 25.2 Å². The van der Waals surface area contributed by atoms with Gasteiger partial charge in [0.2, 0.25) is 0 Å². The van der Waals surface area contributed by atoms with Gasteiger partial charge in [0.1, 0.15) is 4.90 Å². The standard InChI is InChI=1S/C19H23Cl2N3O3S/c1-23(2)12-4-11-22-19(25)14-5-10-17(21)18(13-14)28(26,27)24(3)16-8-6-15(20)7-9-16/h5-10,13H,4,11-12H2,1-3H3,(H,22,25). The van der Waals surface area contributed by atoms with E-state index in [0.29, 0.717) is 17.3 Å². The van der Waals surface area contributed by atoms with Crippen molar-refractivity contribution in [3.63, 3.8) is 0 Å². The summed E-state index contributed by atoms with van der Waals surface area (Å²) in [6, 6.07) is 10.6. The second kappa shape index (κ2) is 9.60. The number of sulfonamides is 1. The summed E-state index contributed by atoms with van der Waals surface area (Å²) in [5.41, 5.74) is 0.663. The largest absolute Gasteiger partial charge is 0.352 e. The van der Waals surface area contributed by atoms with Crippen molar-refractivity contribution in [3.05, 3.63) is 58.1 Å². The molecule has 0 aliphatic heterocycles. The van der Waals surface area contributed by atoms with E-state index in [2.05, 4.69) is 5.32 Å². The fraction of sp³-hybridized carbons (Fsp3) is 0.316. The Bertz CT molecular complexity index is 932. The zero-order valence-electron chi connectivity index (χ0n) is 15.9. The molecule has 152 valence electrons. The number of amides is 1. The van der Waals surface area contributed by atoms with Crippen LogP contribution in [0.3, 0.4) is 0 Å². The summed E-state index contributed by atoms with van der Waals surface area (Å²) in [6.07, 6.45) is 0.788. The average molecular weight is 444 g/mol. The lowest BCUT2D eigenvalue weighted by molar-refractivity contribution is 0.0952. The minimum absolute atomic E-state index is 0.0463. The second-order valence-electron chi connectivity index (χ2n) is 6.51. The number of rotatable bonds is 8. The van der Waals surface area contributed by atoms with Crippen molar-refractivity contribution in [1.29, 1.82) is 0 Å². The Morgan fingerprint density at radius 3 is 2.29 bits per heavy atom. The molecule has 0 fully saturated rings. The number of hydrogen-bond acceptors (Lipinski definition) is 4. The first-order valence-electron chi connectivity index (χ1n) is 8.60. The smallest absolute Gasteiger partial charge is 0.265 e. The molecule has 0 atom stereocenters. The molecule has 0 aliphatic rings. The molecule has 28 heavy (non-hydrogen) atoms. The lowest BCUT2D eigenvalue weighted by Crippen LogP contribution is -2.29. The highest BCUT2D eigenvalue weighted by Crippen LogP contribution is 2.29. The second-order valence-corrected chi connectivity index (χ2v) is 9.29. The zero-order chi connectivity index (χ0) is 20.9. The topological polar surface area (TPSA) is 69.7 Å². The highest BCUT2D eigenvalue weighted by Gasteiger charge is 2.25. The Hall–Kier alpha value is -1.80. The molecule has 1 amide bonds. The molecular formula is C19H23Cl2N3O3S. The first-order valence-corrected chi connectivity index (χ1v) is 10.8. The van der Waals surface area contributed by atoms with Crippen LogP contribution in [0.25, 0.3) is 0 Å². The molecule has 0 saturated heterocycles. The molecule has 0 heterocycles. The lowest BCUT2D eigenvalue weighted by atomic mass is 10.2. The number of anilines is 1. The van der Waals surface area contributed by atoms with Crippen LogP contribution in [0.4, 0.5) is 5.69 Å². The predicted octanol–water partition coefficient (Wildman–Crippen LogP) is 3.50. The van der Waals surface area contributed by atoms with E-state index < -0.39 is 10.0 Å². The minimum atomic E-state index is -3.96. The van der Waals surface area contributed by atoms with Gasteiger partial charge in [0.05, 0.1) is 10.7 Å². The van der Waals surface area contributed by atoms with Crippen LogP contribution in [0.1, 0.15) is 16.8 Å². The number of hydrogen-bond donors (Lipinski definition) is 1. The fourth-order valence-corrected chi connectivity index (χ4v) is 4.30. The molecule has 0 unspecified atom stereocenters. The Labute approximate surface area is 176 Å². The molecule has 0 spiro atoms. The van der Waals surface area contributed by atoms with Crippen LogP contribution in [0.15, 0.2) is 47.4 Å². The maximum atomic E-state index is 13.0. The maximum absolute atomic E-state index is 13.0. The number of carbonyl (C=O) groups is 1. The van der Waals surface area contributed by atoms with Gasteiger partial charge < -0.3 is 10.2 Å². The van der Waals surface area contributed by atoms with Gasteiger partial charge in [-0.15, -0.1) is 0 Å². The van der Waals surface area contributed by atoms with Gasteiger partial charge in [0.15, 0.2) is 0 Å². The monoisotopic (exact) mass is 443 g/mol. The minimum Gasteiger partial charge on any atom is -0.352 e. The molecule has 2 rings (SSSR count). The van der Waals surface area contributed by atoms with Gasteiger partial charge in [-0.05, 0) is 69.5 Å². The summed E-state index contributed by atoms with van der Waals surface area (Å²) < 4.78 is 27.1. The normalized spacial score (nSPS) is 11.5. The van der Waals surface area contributed by atoms with Crippen molar-refractivity contribution < 1.29 is 13.2 Å². The molecule has 9 heteroatoms. The summed E-state index contributed by atoms with van der Waals surface area (Å²) in [7, 11) is 1.37. The van der Waals surface area contributed by atoms with Gasteiger partial charge >= 0.3 is 0 Å². The van der Waals surface area contributed by atoms with E-state index >= 15 is 0 Å². The molecule has 6 nitrogen and oxygen atoms in total. The van der Waals surface area contributed by atoms with Crippen LogP contribution in [-0.4, -0.2) is 53.5 Å². The number of benzene rings is 2. The van der Waals surface area contributed by atoms with Crippen molar-refractivity contribution in [3.8, 4) is 0 Å². The van der Waals surface area contributed by atoms with Gasteiger partial charge in [-0.25, -0.2) is 8.42 Å². The molecular weight excluding hydrogens is 421 g/mol. The van der Waals surface area contributed by atoms with Crippen LogP contribution in [0, 0.1) is 0 Å². The first-order chi connectivity index (χ1) is 13.1. The Morgan fingerprint density at radius 1 is 1.04 bits per heavy atom. The first kappa shape index (κ1) is 22.5. The van der Waals surface area contributed by atoms with Gasteiger partial charge in [0.25, 0.3) is 15.9 Å². The van der Waals surface area contributed by atoms with E-state index in [0.717, 1.165) is 17.3 Å². The maximum Gasteiger partial charge on any atom is 0.265 e. The van der Waals surface area contributed by atoms with Gasteiger partial charge in [-0.2, -0.15) is 0 Å².